The van der Waals surface area contributed by atoms with E-state index in [9.17, 15) is 9.59 Å². The minimum Gasteiger partial charge on any atom is -0.493 e. The van der Waals surface area contributed by atoms with E-state index in [1.54, 1.807) is 43.4 Å². The van der Waals surface area contributed by atoms with E-state index in [2.05, 4.69) is 15.9 Å². The number of hydrogen-bond acceptors (Lipinski definition) is 6. The van der Waals surface area contributed by atoms with Crippen LogP contribution in [-0.4, -0.2) is 38.2 Å². The molecule has 38 heavy (non-hydrogen) atoms. The Bertz CT molecular complexity index is 1600. The molecule has 1 aliphatic rings. The molecule has 7 nitrogen and oxygen atoms in total. The van der Waals surface area contributed by atoms with Gasteiger partial charge in [0.05, 0.1) is 30.8 Å². The molecule has 0 saturated heterocycles. The number of carbonyl (C=O) groups is 1. The number of hydrogen-bond donors (Lipinski definition) is 0. The van der Waals surface area contributed by atoms with E-state index in [4.69, 9.17) is 30.2 Å². The molecule has 0 fully saturated rings. The summed E-state index contributed by atoms with van der Waals surface area (Å²) >= 11 is 9.87. The quantitative estimate of drug-likeness (QED) is 0.241. The number of halogens is 2. The lowest BCUT2D eigenvalue weighted by Gasteiger charge is -2.38. The fourth-order valence-electron chi connectivity index (χ4n) is 4.84. The minimum absolute atomic E-state index is 0.154. The fourth-order valence-corrected chi connectivity index (χ4v) is 5.40. The van der Waals surface area contributed by atoms with Crippen LogP contribution in [0.1, 0.15) is 33.1 Å². The predicted octanol–water partition coefficient (Wildman–Crippen LogP) is 6.35. The van der Waals surface area contributed by atoms with Crippen LogP contribution in [0.4, 0.5) is 0 Å². The van der Waals surface area contributed by atoms with Crippen LogP contribution in [0.3, 0.4) is 0 Å². The summed E-state index contributed by atoms with van der Waals surface area (Å²) in [6.07, 6.45) is 0.629. The zero-order valence-electron chi connectivity index (χ0n) is 21.0. The first kappa shape index (κ1) is 26.1. The first-order valence-corrected chi connectivity index (χ1v) is 13.1. The monoisotopic (exact) mass is 597 g/mol. The predicted molar refractivity (Wildman–Crippen MR) is 149 cm³/mol. The lowest BCUT2D eigenvalue weighted by molar-refractivity contribution is 0.0589. The fraction of sp³-hybridized carbons (Fsp3) is 0.241. The Morgan fingerprint density at radius 1 is 1.08 bits per heavy atom. The summed E-state index contributed by atoms with van der Waals surface area (Å²) < 4.78 is 23.4. The lowest BCUT2D eigenvalue weighted by Crippen LogP contribution is -2.42. The smallest absolute Gasteiger partial charge is 0.336 e. The molecule has 196 valence electrons. The van der Waals surface area contributed by atoms with E-state index in [0.717, 1.165) is 26.5 Å². The Hall–Kier alpha value is -3.49. The average molecular weight is 599 g/mol. The van der Waals surface area contributed by atoms with Crippen molar-refractivity contribution in [2.45, 2.75) is 19.4 Å². The van der Waals surface area contributed by atoms with Crippen LogP contribution in [0.2, 0.25) is 5.02 Å². The highest BCUT2D eigenvalue weighted by molar-refractivity contribution is 9.10. The van der Waals surface area contributed by atoms with Crippen molar-refractivity contribution in [1.29, 1.82) is 0 Å². The Morgan fingerprint density at radius 2 is 1.84 bits per heavy atom. The van der Waals surface area contributed by atoms with Crippen molar-refractivity contribution in [3.05, 3.63) is 96.8 Å². The third-order valence-electron chi connectivity index (χ3n) is 6.75. The van der Waals surface area contributed by atoms with Gasteiger partial charge in [0.15, 0.2) is 11.5 Å². The van der Waals surface area contributed by atoms with Gasteiger partial charge in [-0.1, -0.05) is 27.5 Å². The third-order valence-corrected chi connectivity index (χ3v) is 7.58. The molecule has 0 aliphatic carbocycles. The summed E-state index contributed by atoms with van der Waals surface area (Å²) in [7, 11) is 3.17. The minimum atomic E-state index is -0.443. The molecule has 9 heteroatoms. The Labute approximate surface area is 233 Å². The number of benzene rings is 3. The highest BCUT2D eigenvalue weighted by atomic mass is 79.9. The van der Waals surface area contributed by atoms with Crippen molar-refractivity contribution in [3.8, 4) is 17.2 Å². The van der Waals surface area contributed by atoms with Crippen LogP contribution in [-0.2, 0) is 6.42 Å². The molecule has 3 aromatic carbocycles. The molecule has 1 aliphatic heterocycles. The van der Waals surface area contributed by atoms with Crippen molar-refractivity contribution in [3.63, 3.8) is 0 Å². The molecule has 0 bridgehead atoms. The Kier molecular flexibility index (Phi) is 7.36. The summed E-state index contributed by atoms with van der Waals surface area (Å²) in [5.74, 6) is 1.51. The molecule has 0 radical (unpaired) electrons. The molecule has 5 rings (SSSR count). The number of amides is 1. The Morgan fingerprint density at radius 3 is 2.61 bits per heavy atom. The van der Waals surface area contributed by atoms with Gasteiger partial charge < -0.3 is 23.5 Å². The molecular formula is C29H25BrClNO6. The molecule has 4 aromatic rings. The van der Waals surface area contributed by atoms with Crippen LogP contribution in [0, 0.1) is 6.92 Å². The summed E-state index contributed by atoms with van der Waals surface area (Å²) in [4.78, 5) is 27.4. The van der Waals surface area contributed by atoms with Crippen molar-refractivity contribution in [2.75, 3.05) is 27.4 Å². The van der Waals surface area contributed by atoms with Gasteiger partial charge in [-0.25, -0.2) is 4.79 Å². The van der Waals surface area contributed by atoms with Crippen LogP contribution in [0.25, 0.3) is 11.0 Å². The van der Waals surface area contributed by atoms with E-state index in [1.165, 1.54) is 6.07 Å². The molecule has 0 N–H and O–H groups in total. The first-order valence-electron chi connectivity index (χ1n) is 12.0. The highest BCUT2D eigenvalue weighted by Gasteiger charge is 2.34. The molecule has 2 heterocycles. The molecule has 1 unspecified atom stereocenters. The summed E-state index contributed by atoms with van der Waals surface area (Å²) in [5, 5.41) is 1.20. The van der Waals surface area contributed by atoms with Gasteiger partial charge in [0.2, 0.25) is 0 Å². The van der Waals surface area contributed by atoms with E-state index >= 15 is 0 Å². The molecule has 1 atom stereocenters. The molecule has 1 aromatic heterocycles. The number of ether oxygens (including phenoxy) is 3. The largest absolute Gasteiger partial charge is 0.493 e. The zero-order chi connectivity index (χ0) is 27.0. The average Bonchev–Trinajstić information content (AvgIpc) is 2.91. The maximum absolute atomic E-state index is 13.8. The number of aryl methyl sites for hydroxylation is 1. The van der Waals surface area contributed by atoms with Gasteiger partial charge in [0, 0.05) is 28.5 Å². The number of nitrogens with zero attached hydrogens (tertiary/aromatic N) is 1. The van der Waals surface area contributed by atoms with Gasteiger partial charge in [-0.3, -0.25) is 4.79 Å². The van der Waals surface area contributed by atoms with Gasteiger partial charge in [-0.15, -0.1) is 0 Å². The standard InChI is InChI=1S/C29H25BrClNO6/c1-16-10-28(33)38-25-13-19(5-6-20(16)25)37-15-24-21-14-27(36-3)26(35-2)11-17(21)8-9-32(24)29(34)22-12-18(30)4-7-23(22)31/h4-7,10-14,24H,8-9,15H2,1-3H3. The first-order chi connectivity index (χ1) is 18.3. The van der Waals surface area contributed by atoms with E-state index in [-0.39, 0.29) is 12.5 Å². The summed E-state index contributed by atoms with van der Waals surface area (Å²) in [6.45, 7) is 2.47. The van der Waals surface area contributed by atoms with Crippen LogP contribution >= 0.6 is 27.5 Å². The summed E-state index contributed by atoms with van der Waals surface area (Å²) in [5.41, 5.74) is 3.19. The van der Waals surface area contributed by atoms with Crippen molar-refractivity contribution >= 4 is 44.4 Å². The van der Waals surface area contributed by atoms with E-state index < -0.39 is 11.7 Å². The van der Waals surface area contributed by atoms with Gasteiger partial charge in [0.25, 0.3) is 5.91 Å². The topological polar surface area (TPSA) is 78.2 Å². The zero-order valence-corrected chi connectivity index (χ0v) is 23.4. The Balaban J connectivity index is 1.53. The molecular weight excluding hydrogens is 574 g/mol. The maximum atomic E-state index is 13.8. The second kappa shape index (κ2) is 10.7. The molecule has 1 amide bonds. The number of fused-ring (bicyclic) bond motifs is 2. The van der Waals surface area contributed by atoms with Gasteiger partial charge in [-0.2, -0.15) is 0 Å². The highest BCUT2D eigenvalue weighted by Crippen LogP contribution is 2.39. The van der Waals surface area contributed by atoms with Crippen LogP contribution in [0.5, 0.6) is 17.2 Å². The van der Waals surface area contributed by atoms with Crippen LogP contribution in [0.15, 0.2) is 68.3 Å². The molecule has 0 saturated carbocycles. The number of methoxy groups -OCH3 is 2. The van der Waals surface area contributed by atoms with Crippen molar-refractivity contribution in [1.82, 2.24) is 4.90 Å². The van der Waals surface area contributed by atoms with Gasteiger partial charge in [0.1, 0.15) is 17.9 Å². The second-order valence-corrected chi connectivity index (χ2v) is 10.3. The second-order valence-electron chi connectivity index (χ2n) is 9.01. The number of carbonyl (C=O) groups excluding carboxylic acids is 1. The molecule has 0 spiro atoms. The van der Waals surface area contributed by atoms with Gasteiger partial charge in [-0.05, 0) is 72.5 Å². The van der Waals surface area contributed by atoms with Gasteiger partial charge >= 0.3 is 5.63 Å². The van der Waals surface area contributed by atoms with Crippen molar-refractivity contribution < 1.29 is 23.4 Å². The third kappa shape index (κ3) is 4.98. The van der Waals surface area contributed by atoms with Crippen LogP contribution < -0.4 is 19.8 Å². The lowest BCUT2D eigenvalue weighted by atomic mass is 9.91. The number of rotatable bonds is 6. The van der Waals surface area contributed by atoms with E-state index in [0.29, 0.717) is 46.4 Å². The van der Waals surface area contributed by atoms with Crippen molar-refractivity contribution in [2.24, 2.45) is 0 Å². The normalized spacial score (nSPS) is 14.8. The maximum Gasteiger partial charge on any atom is 0.336 e. The summed E-state index contributed by atoms with van der Waals surface area (Å²) in [6, 6.07) is 15.4. The van der Waals surface area contributed by atoms with E-state index in [1.807, 2.05) is 31.2 Å². The SMILES string of the molecule is COc1cc2c(cc1OC)C(COc1ccc3c(C)cc(=O)oc3c1)N(C(=O)c1cc(Br)ccc1Cl)CC2.